The van der Waals surface area contributed by atoms with Gasteiger partial charge in [0.2, 0.25) is 0 Å². The first-order chi connectivity index (χ1) is 13.7. The van der Waals surface area contributed by atoms with Crippen LogP contribution >= 0.6 is 22.7 Å². The van der Waals surface area contributed by atoms with Crippen molar-refractivity contribution in [2.24, 2.45) is 0 Å². The SMILES string of the molecule is COc1ccc2sc(C(=O)NCc3cccs3)c(OCc3ccccc3)c2c1. The number of hydrogen-bond acceptors (Lipinski definition) is 5. The molecule has 2 heterocycles. The van der Waals surface area contributed by atoms with Crippen LogP contribution in [0.5, 0.6) is 11.5 Å². The lowest BCUT2D eigenvalue weighted by molar-refractivity contribution is 0.0951. The first-order valence-corrected chi connectivity index (χ1v) is 10.5. The van der Waals surface area contributed by atoms with E-state index >= 15 is 0 Å². The second-order valence-corrected chi connectivity index (χ2v) is 8.24. The van der Waals surface area contributed by atoms with Gasteiger partial charge in [-0.25, -0.2) is 0 Å². The van der Waals surface area contributed by atoms with Gasteiger partial charge in [0, 0.05) is 15.0 Å². The summed E-state index contributed by atoms with van der Waals surface area (Å²) in [6, 6.07) is 19.7. The lowest BCUT2D eigenvalue weighted by atomic mass is 10.2. The summed E-state index contributed by atoms with van der Waals surface area (Å²) < 4.78 is 12.5. The predicted octanol–water partition coefficient (Wildman–Crippen LogP) is 5.48. The molecular formula is C22H19NO3S2. The molecule has 0 atom stereocenters. The van der Waals surface area contributed by atoms with E-state index in [4.69, 9.17) is 9.47 Å². The Bertz CT molecular complexity index is 1070. The van der Waals surface area contributed by atoms with Crippen LogP contribution < -0.4 is 14.8 Å². The minimum atomic E-state index is -0.128. The third-order valence-electron chi connectivity index (χ3n) is 4.29. The number of methoxy groups -OCH3 is 1. The highest BCUT2D eigenvalue weighted by Gasteiger charge is 2.20. The highest BCUT2D eigenvalue weighted by atomic mass is 32.1. The second-order valence-electron chi connectivity index (χ2n) is 6.16. The first-order valence-electron chi connectivity index (χ1n) is 8.82. The molecule has 0 saturated heterocycles. The molecule has 0 fully saturated rings. The summed E-state index contributed by atoms with van der Waals surface area (Å²) in [7, 11) is 1.63. The van der Waals surface area contributed by atoms with Gasteiger partial charge in [0.05, 0.1) is 13.7 Å². The molecular weight excluding hydrogens is 390 g/mol. The molecule has 142 valence electrons. The van der Waals surface area contributed by atoms with E-state index in [-0.39, 0.29) is 5.91 Å². The van der Waals surface area contributed by atoms with Crippen LogP contribution in [0.1, 0.15) is 20.1 Å². The Balaban J connectivity index is 1.64. The highest BCUT2D eigenvalue weighted by molar-refractivity contribution is 7.21. The third kappa shape index (κ3) is 4.03. The van der Waals surface area contributed by atoms with Gasteiger partial charge < -0.3 is 14.8 Å². The fourth-order valence-electron chi connectivity index (χ4n) is 2.86. The van der Waals surface area contributed by atoms with Crippen LogP contribution in [0.2, 0.25) is 0 Å². The van der Waals surface area contributed by atoms with Crippen molar-refractivity contribution in [2.75, 3.05) is 7.11 Å². The number of benzene rings is 2. The zero-order valence-electron chi connectivity index (χ0n) is 15.3. The van der Waals surface area contributed by atoms with Crippen LogP contribution in [0.25, 0.3) is 10.1 Å². The molecule has 0 unspecified atom stereocenters. The molecule has 1 N–H and O–H groups in total. The number of rotatable bonds is 7. The van der Waals surface area contributed by atoms with Crippen LogP contribution in [-0.4, -0.2) is 13.0 Å². The summed E-state index contributed by atoms with van der Waals surface area (Å²) >= 11 is 3.06. The standard InChI is InChI=1S/C22H19NO3S2/c1-25-16-9-10-19-18(12-16)20(26-14-15-6-3-2-4-7-15)21(28-19)22(24)23-13-17-8-5-11-27-17/h2-12H,13-14H2,1H3,(H,23,24). The summed E-state index contributed by atoms with van der Waals surface area (Å²) in [5.41, 5.74) is 1.05. The normalized spacial score (nSPS) is 10.8. The number of hydrogen-bond donors (Lipinski definition) is 1. The van der Waals surface area contributed by atoms with Crippen LogP contribution in [0.4, 0.5) is 0 Å². The molecule has 4 nitrogen and oxygen atoms in total. The molecule has 0 aliphatic rings. The maximum Gasteiger partial charge on any atom is 0.265 e. The molecule has 0 saturated carbocycles. The quantitative estimate of drug-likeness (QED) is 0.440. The van der Waals surface area contributed by atoms with Gasteiger partial charge >= 0.3 is 0 Å². The van der Waals surface area contributed by atoms with Crippen LogP contribution in [0, 0.1) is 0 Å². The molecule has 1 amide bonds. The Morgan fingerprint density at radius 1 is 1.07 bits per heavy atom. The molecule has 4 rings (SSSR count). The molecule has 4 aromatic rings. The molecule has 0 bridgehead atoms. The monoisotopic (exact) mass is 409 g/mol. The lowest BCUT2D eigenvalue weighted by Gasteiger charge is -2.09. The smallest absolute Gasteiger partial charge is 0.265 e. The van der Waals surface area contributed by atoms with Gasteiger partial charge in [-0.1, -0.05) is 36.4 Å². The molecule has 2 aromatic heterocycles. The van der Waals surface area contributed by atoms with Crippen molar-refractivity contribution in [1.29, 1.82) is 0 Å². The number of carbonyl (C=O) groups excluding carboxylic acids is 1. The number of fused-ring (bicyclic) bond motifs is 1. The lowest BCUT2D eigenvalue weighted by Crippen LogP contribution is -2.21. The van der Waals surface area contributed by atoms with E-state index in [2.05, 4.69) is 5.32 Å². The Labute approximate surface area is 171 Å². The minimum Gasteiger partial charge on any atom is -0.497 e. The zero-order valence-corrected chi connectivity index (χ0v) is 16.9. The van der Waals surface area contributed by atoms with Crippen molar-refractivity contribution >= 4 is 38.7 Å². The summed E-state index contributed by atoms with van der Waals surface area (Å²) in [6.07, 6.45) is 0. The van der Waals surface area contributed by atoms with E-state index in [1.807, 2.05) is 66.0 Å². The Kier molecular flexibility index (Phi) is 5.60. The summed E-state index contributed by atoms with van der Waals surface area (Å²) in [5.74, 6) is 1.21. The Hall–Kier alpha value is -2.83. The van der Waals surface area contributed by atoms with E-state index < -0.39 is 0 Å². The van der Waals surface area contributed by atoms with Gasteiger partial charge in [-0.2, -0.15) is 0 Å². The average Bonchev–Trinajstić information content (AvgIpc) is 3.38. The molecule has 0 radical (unpaired) electrons. The number of ether oxygens (including phenoxy) is 2. The van der Waals surface area contributed by atoms with E-state index in [0.29, 0.717) is 23.8 Å². The number of thiophene rings is 2. The average molecular weight is 410 g/mol. The van der Waals surface area contributed by atoms with Crippen molar-refractivity contribution in [3.63, 3.8) is 0 Å². The van der Waals surface area contributed by atoms with Gasteiger partial charge in [-0.15, -0.1) is 22.7 Å². The van der Waals surface area contributed by atoms with Crippen LogP contribution in [0.3, 0.4) is 0 Å². The maximum absolute atomic E-state index is 12.9. The summed E-state index contributed by atoms with van der Waals surface area (Å²) in [5, 5.41) is 5.89. The van der Waals surface area contributed by atoms with E-state index in [0.717, 1.165) is 26.3 Å². The van der Waals surface area contributed by atoms with Crippen LogP contribution in [0.15, 0.2) is 66.0 Å². The maximum atomic E-state index is 12.9. The Morgan fingerprint density at radius 2 is 1.93 bits per heavy atom. The first kappa shape index (κ1) is 18.5. The van der Waals surface area contributed by atoms with Gasteiger partial charge in [0.15, 0.2) is 5.75 Å². The summed E-state index contributed by atoms with van der Waals surface area (Å²) in [6.45, 7) is 0.904. The minimum absolute atomic E-state index is 0.128. The number of nitrogens with one attached hydrogen (secondary N) is 1. The van der Waals surface area contributed by atoms with Gasteiger partial charge in [0.25, 0.3) is 5.91 Å². The van der Waals surface area contributed by atoms with Crippen molar-refractivity contribution in [1.82, 2.24) is 5.32 Å². The fourth-order valence-corrected chi connectivity index (χ4v) is 4.55. The molecule has 0 aliphatic carbocycles. The molecule has 0 aliphatic heterocycles. The molecule has 28 heavy (non-hydrogen) atoms. The van der Waals surface area contributed by atoms with E-state index in [1.54, 1.807) is 18.4 Å². The predicted molar refractivity (Wildman–Crippen MR) is 115 cm³/mol. The largest absolute Gasteiger partial charge is 0.497 e. The summed E-state index contributed by atoms with van der Waals surface area (Å²) in [4.78, 5) is 14.6. The van der Waals surface area contributed by atoms with E-state index in [9.17, 15) is 4.79 Å². The topological polar surface area (TPSA) is 47.6 Å². The highest BCUT2D eigenvalue weighted by Crippen LogP contribution is 2.40. The Morgan fingerprint density at radius 3 is 2.68 bits per heavy atom. The van der Waals surface area contributed by atoms with Crippen LogP contribution in [-0.2, 0) is 13.2 Å². The molecule has 0 spiro atoms. The van der Waals surface area contributed by atoms with Gasteiger partial charge in [-0.05, 0) is 35.2 Å². The number of amides is 1. The van der Waals surface area contributed by atoms with Gasteiger partial charge in [-0.3, -0.25) is 4.79 Å². The van der Waals surface area contributed by atoms with Crippen molar-refractivity contribution in [2.45, 2.75) is 13.2 Å². The molecule has 2 aromatic carbocycles. The number of carbonyl (C=O) groups is 1. The van der Waals surface area contributed by atoms with Crippen molar-refractivity contribution in [3.8, 4) is 11.5 Å². The zero-order chi connectivity index (χ0) is 19.3. The van der Waals surface area contributed by atoms with Gasteiger partial charge in [0.1, 0.15) is 17.2 Å². The third-order valence-corrected chi connectivity index (χ3v) is 6.31. The second kappa shape index (κ2) is 8.46. The van der Waals surface area contributed by atoms with Crippen molar-refractivity contribution in [3.05, 3.63) is 81.4 Å². The fraction of sp³-hybridized carbons (Fsp3) is 0.136. The van der Waals surface area contributed by atoms with E-state index in [1.165, 1.54) is 11.3 Å². The molecule has 6 heteroatoms. The van der Waals surface area contributed by atoms with Crippen molar-refractivity contribution < 1.29 is 14.3 Å².